The number of ether oxygens (including phenoxy) is 1. The summed E-state index contributed by atoms with van der Waals surface area (Å²) in [6, 6.07) is 4.97. The minimum Gasteiger partial charge on any atom is -0.385 e. The maximum absolute atomic E-state index is 12.0. The smallest absolute Gasteiger partial charge is 0.251 e. The molecule has 6 heteroatoms. The van der Waals surface area contributed by atoms with Crippen molar-refractivity contribution in [2.75, 3.05) is 13.2 Å². The van der Waals surface area contributed by atoms with E-state index in [9.17, 15) is 9.90 Å². The molecule has 2 N–H and O–H groups in total. The quantitative estimate of drug-likeness (QED) is 0.882. The summed E-state index contributed by atoms with van der Waals surface area (Å²) in [5.74, 6) is -0.262. The van der Waals surface area contributed by atoms with Crippen molar-refractivity contribution >= 4 is 33.4 Å². The average molecular weight is 349 g/mol. The number of rotatable bonds is 3. The van der Waals surface area contributed by atoms with Crippen molar-refractivity contribution in [1.82, 2.24) is 5.32 Å². The zero-order valence-corrected chi connectivity index (χ0v) is 12.8. The van der Waals surface area contributed by atoms with Crippen molar-refractivity contribution in [3.8, 4) is 0 Å². The Morgan fingerprint density at radius 2 is 2.42 bits per heavy atom. The van der Waals surface area contributed by atoms with E-state index in [1.54, 1.807) is 25.1 Å². The first-order valence-corrected chi connectivity index (χ1v) is 7.17. The summed E-state index contributed by atoms with van der Waals surface area (Å²) in [5, 5.41) is 13.5. The molecule has 0 spiro atoms. The monoisotopic (exact) mass is 347 g/mol. The second-order valence-corrected chi connectivity index (χ2v) is 5.94. The van der Waals surface area contributed by atoms with Gasteiger partial charge in [-0.15, -0.1) is 0 Å². The Labute approximate surface area is 125 Å². The van der Waals surface area contributed by atoms with Crippen LogP contribution in [0.5, 0.6) is 0 Å². The van der Waals surface area contributed by atoms with Gasteiger partial charge in [-0.3, -0.25) is 4.79 Å². The fourth-order valence-corrected chi connectivity index (χ4v) is 2.40. The third-order valence-electron chi connectivity index (χ3n) is 3.40. The molecule has 1 fully saturated rings. The lowest BCUT2D eigenvalue weighted by Gasteiger charge is -2.26. The van der Waals surface area contributed by atoms with Crippen LogP contribution in [0.2, 0.25) is 5.02 Å². The highest BCUT2D eigenvalue weighted by Crippen LogP contribution is 2.25. The summed E-state index contributed by atoms with van der Waals surface area (Å²) < 4.78 is 6.05. The molecule has 0 radical (unpaired) electrons. The van der Waals surface area contributed by atoms with Gasteiger partial charge in [-0.1, -0.05) is 11.6 Å². The number of carbonyl (C=O) groups is 1. The molecule has 1 aromatic rings. The number of benzene rings is 1. The van der Waals surface area contributed by atoms with Crippen molar-refractivity contribution in [3.05, 3.63) is 33.3 Å². The molecule has 0 aromatic heterocycles. The van der Waals surface area contributed by atoms with Crippen molar-refractivity contribution < 1.29 is 14.6 Å². The lowest BCUT2D eigenvalue weighted by molar-refractivity contribution is -0.0251. The van der Waals surface area contributed by atoms with E-state index < -0.39 is 5.60 Å². The van der Waals surface area contributed by atoms with Crippen LogP contribution in [0.3, 0.4) is 0 Å². The standard InChI is InChI=1S/C13H15BrClNO3/c1-8-13(18,4-5-19-8)7-16-12(17)9-2-3-10(14)11(15)6-9/h2-3,6,8,18H,4-5,7H2,1H3,(H,16,17). The number of halogens is 2. The highest BCUT2D eigenvalue weighted by Gasteiger charge is 2.39. The molecule has 0 bridgehead atoms. The highest BCUT2D eigenvalue weighted by atomic mass is 79.9. The highest BCUT2D eigenvalue weighted by molar-refractivity contribution is 9.10. The third kappa shape index (κ3) is 3.28. The molecule has 0 saturated carbocycles. The van der Waals surface area contributed by atoms with Gasteiger partial charge in [0, 0.05) is 29.6 Å². The molecule has 1 heterocycles. The van der Waals surface area contributed by atoms with Gasteiger partial charge in [-0.05, 0) is 41.1 Å². The topological polar surface area (TPSA) is 58.6 Å². The molecule has 1 aliphatic heterocycles. The van der Waals surface area contributed by atoms with Crippen molar-refractivity contribution in [3.63, 3.8) is 0 Å². The molecule has 19 heavy (non-hydrogen) atoms. The van der Waals surface area contributed by atoms with Crippen LogP contribution in [0.4, 0.5) is 0 Å². The molecule has 104 valence electrons. The minimum atomic E-state index is -0.991. The second-order valence-electron chi connectivity index (χ2n) is 4.68. The van der Waals surface area contributed by atoms with Crippen LogP contribution in [0.1, 0.15) is 23.7 Å². The summed E-state index contributed by atoms with van der Waals surface area (Å²) in [4.78, 5) is 12.0. The summed E-state index contributed by atoms with van der Waals surface area (Å²) in [5.41, 5.74) is -0.530. The third-order valence-corrected chi connectivity index (χ3v) is 4.63. The van der Waals surface area contributed by atoms with Crippen molar-refractivity contribution in [2.24, 2.45) is 0 Å². The number of carbonyl (C=O) groups excluding carboxylic acids is 1. The van der Waals surface area contributed by atoms with Gasteiger partial charge in [0.2, 0.25) is 0 Å². The van der Waals surface area contributed by atoms with Gasteiger partial charge in [0.05, 0.1) is 11.1 Å². The average Bonchev–Trinajstić information content (AvgIpc) is 2.71. The largest absolute Gasteiger partial charge is 0.385 e. The molecule has 1 amide bonds. The van der Waals surface area contributed by atoms with E-state index in [0.717, 1.165) is 4.47 Å². The molecule has 4 nitrogen and oxygen atoms in total. The molecular weight excluding hydrogens is 334 g/mol. The number of hydrogen-bond acceptors (Lipinski definition) is 3. The number of nitrogens with one attached hydrogen (secondary N) is 1. The van der Waals surface area contributed by atoms with Crippen LogP contribution < -0.4 is 5.32 Å². The molecule has 2 unspecified atom stereocenters. The molecule has 1 aliphatic rings. The van der Waals surface area contributed by atoms with Gasteiger partial charge in [-0.25, -0.2) is 0 Å². The predicted molar refractivity (Wildman–Crippen MR) is 76.5 cm³/mol. The van der Waals surface area contributed by atoms with Crippen molar-refractivity contribution in [2.45, 2.75) is 25.0 Å². The van der Waals surface area contributed by atoms with Crippen LogP contribution >= 0.6 is 27.5 Å². The Morgan fingerprint density at radius 3 is 3.00 bits per heavy atom. The van der Waals surface area contributed by atoms with Crippen LogP contribution in [-0.2, 0) is 4.74 Å². The lowest BCUT2D eigenvalue weighted by Crippen LogP contribution is -2.47. The molecule has 0 aliphatic carbocycles. The summed E-state index contributed by atoms with van der Waals surface area (Å²) in [6.07, 6.45) is 0.247. The maximum atomic E-state index is 12.0. The number of amides is 1. The van der Waals surface area contributed by atoms with Gasteiger partial charge < -0.3 is 15.2 Å². The first-order chi connectivity index (χ1) is 8.92. The van der Waals surface area contributed by atoms with E-state index >= 15 is 0 Å². The van der Waals surface area contributed by atoms with Crippen LogP contribution in [0.25, 0.3) is 0 Å². The maximum Gasteiger partial charge on any atom is 0.251 e. The van der Waals surface area contributed by atoms with Gasteiger partial charge >= 0.3 is 0 Å². The van der Waals surface area contributed by atoms with Gasteiger partial charge in [0.15, 0.2) is 0 Å². The Hall–Kier alpha value is -0.620. The van der Waals surface area contributed by atoms with Crippen LogP contribution in [0, 0.1) is 0 Å². The summed E-state index contributed by atoms with van der Waals surface area (Å²) in [7, 11) is 0. The molecular formula is C13H15BrClNO3. The zero-order chi connectivity index (χ0) is 14.0. The Bertz CT molecular complexity index is 497. The van der Waals surface area contributed by atoms with E-state index in [1.165, 1.54) is 0 Å². The lowest BCUT2D eigenvalue weighted by atomic mass is 9.96. The Morgan fingerprint density at radius 1 is 1.68 bits per heavy atom. The SMILES string of the molecule is CC1OCCC1(O)CNC(=O)c1ccc(Br)c(Cl)c1. The normalized spacial score (nSPS) is 26.4. The molecule has 1 aromatic carbocycles. The number of aliphatic hydroxyl groups is 1. The minimum absolute atomic E-state index is 0.167. The Kier molecular flexibility index (Phi) is 4.50. The summed E-state index contributed by atoms with van der Waals surface area (Å²) >= 11 is 9.21. The van der Waals surface area contributed by atoms with Gasteiger partial charge in [0.1, 0.15) is 5.60 Å². The van der Waals surface area contributed by atoms with Gasteiger partial charge in [-0.2, -0.15) is 0 Å². The van der Waals surface area contributed by atoms with Crippen molar-refractivity contribution in [1.29, 1.82) is 0 Å². The van der Waals surface area contributed by atoms with Gasteiger partial charge in [0.25, 0.3) is 5.91 Å². The van der Waals surface area contributed by atoms with E-state index in [-0.39, 0.29) is 18.6 Å². The molecule has 2 rings (SSSR count). The molecule has 1 saturated heterocycles. The molecule has 2 atom stereocenters. The zero-order valence-electron chi connectivity index (χ0n) is 10.5. The van der Waals surface area contributed by atoms with E-state index in [1.807, 2.05) is 0 Å². The fourth-order valence-electron chi connectivity index (χ4n) is 1.98. The second kappa shape index (κ2) is 5.79. The van der Waals surface area contributed by atoms with E-state index in [4.69, 9.17) is 16.3 Å². The first-order valence-electron chi connectivity index (χ1n) is 5.99. The first kappa shape index (κ1) is 14.8. The fraction of sp³-hybridized carbons (Fsp3) is 0.462. The van der Waals surface area contributed by atoms with E-state index in [0.29, 0.717) is 23.6 Å². The Balaban J connectivity index is 1.99. The summed E-state index contributed by atoms with van der Waals surface area (Å²) in [6.45, 7) is 2.48. The van der Waals surface area contributed by atoms with Crippen LogP contribution in [0.15, 0.2) is 22.7 Å². The number of hydrogen-bond donors (Lipinski definition) is 2. The van der Waals surface area contributed by atoms with E-state index in [2.05, 4.69) is 21.2 Å². The predicted octanol–water partition coefficient (Wildman–Crippen LogP) is 2.37. The van der Waals surface area contributed by atoms with Crippen LogP contribution in [-0.4, -0.2) is 35.9 Å².